The van der Waals surface area contributed by atoms with Crippen LogP contribution in [-0.4, -0.2) is 18.1 Å². The van der Waals surface area contributed by atoms with Crippen LogP contribution in [0.3, 0.4) is 0 Å². The van der Waals surface area contributed by atoms with Crippen molar-refractivity contribution in [2.45, 2.75) is 52.0 Å². The molecular weight excluding hydrogens is 436 g/mol. The van der Waals surface area contributed by atoms with Crippen molar-refractivity contribution in [1.82, 2.24) is 4.98 Å². The lowest BCUT2D eigenvalue weighted by molar-refractivity contribution is 0.412. The Hall–Kier alpha value is -2.48. The van der Waals surface area contributed by atoms with Gasteiger partial charge in [-0.25, -0.2) is 4.98 Å². The molecule has 1 fully saturated rings. The number of hydrogen-bond donors (Lipinski definition) is 1. The van der Waals surface area contributed by atoms with Crippen LogP contribution in [-0.2, 0) is 0 Å². The third kappa shape index (κ3) is 4.95. The molecule has 1 aliphatic carbocycles. The summed E-state index contributed by atoms with van der Waals surface area (Å²) < 4.78 is 5.39. The second-order valence-corrected chi connectivity index (χ2v) is 10.3. The summed E-state index contributed by atoms with van der Waals surface area (Å²) in [6.45, 7) is 6.20. The van der Waals surface area contributed by atoms with E-state index >= 15 is 0 Å². The van der Waals surface area contributed by atoms with E-state index in [1.807, 2.05) is 19.1 Å². The zero-order valence-corrected chi connectivity index (χ0v) is 20.6. The average Bonchev–Trinajstić information content (AvgIpc) is 3.53. The third-order valence-corrected chi connectivity index (χ3v) is 7.40. The highest BCUT2D eigenvalue weighted by Gasteiger charge is 2.31. The highest BCUT2D eigenvalue weighted by molar-refractivity contribution is 7.16. The van der Waals surface area contributed by atoms with Gasteiger partial charge in [0.05, 0.1) is 23.9 Å². The third-order valence-electron chi connectivity index (χ3n) is 6.19. The van der Waals surface area contributed by atoms with Crippen molar-refractivity contribution in [3.05, 3.63) is 63.0 Å². The minimum atomic E-state index is -0.121. The van der Waals surface area contributed by atoms with Crippen molar-refractivity contribution < 1.29 is 4.74 Å². The molecule has 1 aliphatic rings. The Balaban J connectivity index is 1.62. The second-order valence-electron chi connectivity index (χ2n) is 8.71. The van der Waals surface area contributed by atoms with Crippen molar-refractivity contribution in [2.75, 3.05) is 12.4 Å². The van der Waals surface area contributed by atoms with Crippen LogP contribution in [0.1, 0.15) is 46.7 Å². The van der Waals surface area contributed by atoms with Crippen molar-refractivity contribution in [3.8, 4) is 29.4 Å². The van der Waals surface area contributed by atoms with E-state index in [-0.39, 0.29) is 12.0 Å². The number of rotatable bonds is 8. The standard InChI is InChI=1S/C27H29ClN2OS/c1-6-24(21(14-19-9-10-19)20-11-7-16(2)8-12-20)29-27-30-26(18(4)32-27)22-13-17(3)25(31-5)15-23(22)28/h1,7-8,11-13,15,19,21,24H,9-10,14H2,2-5H3,(H,29,30). The van der Waals surface area contributed by atoms with Crippen LogP contribution in [0.2, 0.25) is 5.02 Å². The van der Waals surface area contributed by atoms with E-state index in [1.165, 1.54) is 24.0 Å². The predicted molar refractivity (Wildman–Crippen MR) is 136 cm³/mol. The zero-order valence-electron chi connectivity index (χ0n) is 19.0. The topological polar surface area (TPSA) is 34.2 Å². The van der Waals surface area contributed by atoms with Gasteiger partial charge in [-0.1, -0.05) is 60.2 Å². The van der Waals surface area contributed by atoms with E-state index in [1.54, 1.807) is 18.4 Å². The van der Waals surface area contributed by atoms with Gasteiger partial charge in [-0.15, -0.1) is 17.8 Å². The molecule has 0 bridgehead atoms. The predicted octanol–water partition coefficient (Wildman–Crippen LogP) is 7.39. The molecule has 2 unspecified atom stereocenters. The van der Waals surface area contributed by atoms with Gasteiger partial charge in [0.25, 0.3) is 0 Å². The van der Waals surface area contributed by atoms with Crippen molar-refractivity contribution in [1.29, 1.82) is 0 Å². The summed E-state index contributed by atoms with van der Waals surface area (Å²) in [4.78, 5) is 6.00. The van der Waals surface area contributed by atoms with Crippen molar-refractivity contribution in [3.63, 3.8) is 0 Å². The van der Waals surface area contributed by atoms with E-state index < -0.39 is 0 Å². The molecule has 0 spiro atoms. The molecule has 1 N–H and O–H groups in total. The Morgan fingerprint density at radius 1 is 1.22 bits per heavy atom. The van der Waals surface area contributed by atoms with Crippen LogP contribution in [0.4, 0.5) is 5.13 Å². The molecule has 4 rings (SSSR count). The summed E-state index contributed by atoms with van der Waals surface area (Å²) in [5.74, 6) is 4.82. The molecule has 5 heteroatoms. The van der Waals surface area contributed by atoms with Gasteiger partial charge in [0, 0.05) is 16.4 Å². The molecule has 2 atom stereocenters. The molecule has 0 aliphatic heterocycles. The first kappa shape index (κ1) is 22.7. The lowest BCUT2D eigenvalue weighted by Gasteiger charge is -2.24. The van der Waals surface area contributed by atoms with E-state index in [0.29, 0.717) is 5.02 Å². The fourth-order valence-electron chi connectivity index (χ4n) is 4.16. The number of ether oxygens (including phenoxy) is 1. The molecule has 0 amide bonds. The van der Waals surface area contributed by atoms with Gasteiger partial charge in [-0.3, -0.25) is 0 Å². The van der Waals surface area contributed by atoms with Crippen LogP contribution < -0.4 is 10.1 Å². The molecular formula is C27H29ClN2OS. The summed E-state index contributed by atoms with van der Waals surface area (Å²) >= 11 is 8.19. The number of halogens is 1. The Labute approximate surface area is 200 Å². The number of aryl methyl sites for hydroxylation is 3. The highest BCUT2D eigenvalue weighted by atomic mass is 35.5. The number of methoxy groups -OCH3 is 1. The maximum Gasteiger partial charge on any atom is 0.184 e. The molecule has 166 valence electrons. The minimum Gasteiger partial charge on any atom is -0.496 e. The van der Waals surface area contributed by atoms with E-state index in [0.717, 1.165) is 44.9 Å². The lowest BCUT2D eigenvalue weighted by atomic mass is 9.86. The van der Waals surface area contributed by atoms with Crippen LogP contribution in [0, 0.1) is 39.0 Å². The Morgan fingerprint density at radius 2 is 1.94 bits per heavy atom. The number of nitrogens with zero attached hydrogens (tertiary/aromatic N) is 1. The molecule has 3 aromatic rings. The number of hydrogen-bond acceptors (Lipinski definition) is 4. The first-order chi connectivity index (χ1) is 15.4. The minimum absolute atomic E-state index is 0.121. The summed E-state index contributed by atoms with van der Waals surface area (Å²) in [6, 6.07) is 12.5. The SMILES string of the molecule is C#CC(Nc1nc(-c2cc(C)c(OC)cc2Cl)c(C)s1)C(CC1CC1)c1ccc(C)cc1. The maximum atomic E-state index is 6.57. The van der Waals surface area contributed by atoms with Crippen LogP contribution in [0.25, 0.3) is 11.3 Å². The Kier molecular flexibility index (Phi) is 6.79. The summed E-state index contributed by atoms with van der Waals surface area (Å²) in [5, 5.41) is 5.03. The molecule has 3 nitrogen and oxygen atoms in total. The fraction of sp³-hybridized carbons (Fsp3) is 0.370. The Bertz CT molecular complexity index is 1140. The van der Waals surface area contributed by atoms with Gasteiger partial charge in [-0.05, 0) is 56.4 Å². The average molecular weight is 465 g/mol. The Morgan fingerprint density at radius 3 is 2.56 bits per heavy atom. The summed E-state index contributed by atoms with van der Waals surface area (Å²) in [5.41, 5.74) is 5.38. The van der Waals surface area contributed by atoms with E-state index in [4.69, 9.17) is 27.7 Å². The highest BCUT2D eigenvalue weighted by Crippen LogP contribution is 2.42. The quantitative estimate of drug-likeness (QED) is 0.353. The molecule has 32 heavy (non-hydrogen) atoms. The molecule has 0 radical (unpaired) electrons. The van der Waals surface area contributed by atoms with Gasteiger partial charge in [0.15, 0.2) is 5.13 Å². The van der Waals surface area contributed by atoms with Crippen LogP contribution >= 0.6 is 22.9 Å². The van der Waals surface area contributed by atoms with Gasteiger partial charge >= 0.3 is 0 Å². The smallest absolute Gasteiger partial charge is 0.184 e. The van der Waals surface area contributed by atoms with Gasteiger partial charge in [-0.2, -0.15) is 0 Å². The van der Waals surface area contributed by atoms with Crippen LogP contribution in [0.5, 0.6) is 5.75 Å². The summed E-state index contributed by atoms with van der Waals surface area (Å²) in [7, 11) is 1.65. The lowest BCUT2D eigenvalue weighted by Crippen LogP contribution is -2.26. The number of anilines is 1. The first-order valence-corrected chi connectivity index (χ1v) is 12.2. The molecule has 1 aromatic heterocycles. The van der Waals surface area contributed by atoms with Crippen molar-refractivity contribution >= 4 is 28.1 Å². The number of thiazole rings is 1. The van der Waals surface area contributed by atoms with Gasteiger partial charge in [0.2, 0.25) is 0 Å². The molecule has 1 saturated carbocycles. The molecule has 0 saturated heterocycles. The number of terminal acetylenes is 1. The second kappa shape index (κ2) is 9.57. The van der Waals surface area contributed by atoms with Crippen molar-refractivity contribution in [2.24, 2.45) is 5.92 Å². The monoisotopic (exact) mass is 464 g/mol. The molecule has 2 aromatic carbocycles. The normalized spacial score (nSPS) is 15.1. The maximum absolute atomic E-state index is 6.57. The largest absolute Gasteiger partial charge is 0.496 e. The van der Waals surface area contributed by atoms with Crippen LogP contribution in [0.15, 0.2) is 36.4 Å². The van der Waals surface area contributed by atoms with E-state index in [9.17, 15) is 0 Å². The zero-order chi connectivity index (χ0) is 22.8. The first-order valence-electron chi connectivity index (χ1n) is 11.0. The number of nitrogens with one attached hydrogen (secondary N) is 1. The van der Waals surface area contributed by atoms with Gasteiger partial charge < -0.3 is 10.1 Å². The fourth-order valence-corrected chi connectivity index (χ4v) is 5.26. The summed E-state index contributed by atoms with van der Waals surface area (Å²) in [6.07, 6.45) is 9.75. The van der Waals surface area contributed by atoms with E-state index in [2.05, 4.69) is 49.4 Å². The van der Waals surface area contributed by atoms with Gasteiger partial charge in [0.1, 0.15) is 5.75 Å². The molecule has 1 heterocycles. The number of benzene rings is 2. The number of aromatic nitrogens is 1.